The SMILES string of the molecule is CCCCCCCCCCCCOCC(OCCCCCCCCCCCC)C(N)=O. The lowest BCUT2D eigenvalue weighted by atomic mass is 10.1. The maximum Gasteiger partial charge on any atom is 0.248 e. The van der Waals surface area contributed by atoms with Gasteiger partial charge in [-0.3, -0.25) is 4.79 Å². The Morgan fingerprint density at radius 2 is 0.935 bits per heavy atom. The molecule has 0 spiro atoms. The minimum atomic E-state index is -0.596. The molecule has 186 valence electrons. The largest absolute Gasteiger partial charge is 0.378 e. The molecule has 1 unspecified atom stereocenters. The first kappa shape index (κ1) is 30.4. The zero-order chi connectivity index (χ0) is 22.8. The van der Waals surface area contributed by atoms with Crippen LogP contribution in [0, 0.1) is 0 Å². The van der Waals surface area contributed by atoms with Crippen molar-refractivity contribution in [3.8, 4) is 0 Å². The molecule has 0 aliphatic carbocycles. The van der Waals surface area contributed by atoms with Crippen molar-refractivity contribution < 1.29 is 14.3 Å². The Balaban J connectivity index is 3.43. The lowest BCUT2D eigenvalue weighted by Crippen LogP contribution is -2.35. The number of carbonyl (C=O) groups excluding carboxylic acids is 1. The summed E-state index contributed by atoms with van der Waals surface area (Å²) in [5, 5.41) is 0. The van der Waals surface area contributed by atoms with E-state index in [2.05, 4.69) is 13.8 Å². The Morgan fingerprint density at radius 3 is 1.32 bits per heavy atom. The molecule has 0 heterocycles. The number of ether oxygens (including phenoxy) is 2. The van der Waals surface area contributed by atoms with Gasteiger partial charge in [0.25, 0.3) is 0 Å². The van der Waals surface area contributed by atoms with Crippen molar-refractivity contribution in [2.24, 2.45) is 5.73 Å². The van der Waals surface area contributed by atoms with Gasteiger partial charge in [0, 0.05) is 13.2 Å². The molecule has 1 amide bonds. The summed E-state index contributed by atoms with van der Waals surface area (Å²) in [4.78, 5) is 11.6. The molecule has 0 radical (unpaired) electrons. The first-order valence-electron chi connectivity index (χ1n) is 13.7. The lowest BCUT2D eigenvalue weighted by molar-refractivity contribution is -0.133. The molecule has 0 fully saturated rings. The zero-order valence-corrected chi connectivity index (χ0v) is 21.1. The fourth-order valence-electron chi connectivity index (χ4n) is 3.91. The van der Waals surface area contributed by atoms with E-state index in [9.17, 15) is 4.79 Å². The maximum atomic E-state index is 11.6. The summed E-state index contributed by atoms with van der Waals surface area (Å²) in [6.45, 7) is 6.12. The van der Waals surface area contributed by atoms with E-state index in [1.54, 1.807) is 0 Å². The standard InChI is InChI=1S/C27H55NO3/c1-3-5-7-9-11-13-15-17-19-21-23-30-25-26(27(28)29)31-24-22-20-18-16-14-12-10-8-6-4-2/h26H,3-25H2,1-2H3,(H2,28,29). The summed E-state index contributed by atoms with van der Waals surface area (Å²) in [6, 6.07) is 0. The normalized spacial score (nSPS) is 12.3. The molecule has 0 rings (SSSR count). The summed E-state index contributed by atoms with van der Waals surface area (Å²) < 4.78 is 11.3. The Morgan fingerprint density at radius 1 is 0.581 bits per heavy atom. The number of amides is 1. The molecule has 0 aliphatic rings. The van der Waals surface area contributed by atoms with Crippen LogP contribution < -0.4 is 5.73 Å². The van der Waals surface area contributed by atoms with Crippen molar-refractivity contribution in [3.05, 3.63) is 0 Å². The van der Waals surface area contributed by atoms with Gasteiger partial charge in [0.15, 0.2) is 6.10 Å². The highest BCUT2D eigenvalue weighted by Crippen LogP contribution is 2.12. The van der Waals surface area contributed by atoms with E-state index in [1.165, 1.54) is 116 Å². The molecular formula is C27H55NO3. The van der Waals surface area contributed by atoms with Crippen LogP contribution in [0.3, 0.4) is 0 Å². The predicted molar refractivity (Wildman–Crippen MR) is 133 cm³/mol. The highest BCUT2D eigenvalue weighted by atomic mass is 16.5. The molecule has 2 N–H and O–H groups in total. The molecule has 0 saturated heterocycles. The highest BCUT2D eigenvalue weighted by molar-refractivity contribution is 5.78. The third kappa shape index (κ3) is 23.9. The Hall–Kier alpha value is -0.610. The van der Waals surface area contributed by atoms with Gasteiger partial charge in [-0.25, -0.2) is 0 Å². The lowest BCUT2D eigenvalue weighted by Gasteiger charge is -2.15. The Labute approximate surface area is 194 Å². The Kier molecular flexibility index (Phi) is 25.1. The van der Waals surface area contributed by atoms with Crippen LogP contribution in [-0.4, -0.2) is 31.8 Å². The van der Waals surface area contributed by atoms with Crippen LogP contribution in [0.1, 0.15) is 142 Å². The quantitative estimate of drug-likeness (QED) is 0.140. The molecule has 0 saturated carbocycles. The molecule has 0 aromatic carbocycles. The second-order valence-electron chi connectivity index (χ2n) is 9.20. The maximum absolute atomic E-state index is 11.6. The van der Waals surface area contributed by atoms with Gasteiger partial charge in [0.05, 0.1) is 6.61 Å². The zero-order valence-electron chi connectivity index (χ0n) is 21.1. The summed E-state index contributed by atoms with van der Waals surface area (Å²) in [5.74, 6) is -0.407. The van der Waals surface area contributed by atoms with Crippen LogP contribution in [0.4, 0.5) is 0 Å². The van der Waals surface area contributed by atoms with Crippen LogP contribution >= 0.6 is 0 Å². The minimum Gasteiger partial charge on any atom is -0.378 e. The predicted octanol–water partition coefficient (Wildman–Crippen LogP) is 7.72. The number of primary amides is 1. The van der Waals surface area contributed by atoms with Crippen molar-refractivity contribution in [2.45, 2.75) is 148 Å². The number of carbonyl (C=O) groups is 1. The van der Waals surface area contributed by atoms with Crippen molar-refractivity contribution in [1.82, 2.24) is 0 Å². The highest BCUT2D eigenvalue weighted by Gasteiger charge is 2.15. The number of nitrogens with two attached hydrogens (primary N) is 1. The molecule has 31 heavy (non-hydrogen) atoms. The van der Waals surface area contributed by atoms with Gasteiger partial charge in [0.2, 0.25) is 5.91 Å². The van der Waals surface area contributed by atoms with Crippen molar-refractivity contribution in [2.75, 3.05) is 19.8 Å². The van der Waals surface area contributed by atoms with E-state index in [1.807, 2.05) is 0 Å². The second-order valence-corrected chi connectivity index (χ2v) is 9.20. The van der Waals surface area contributed by atoms with E-state index in [4.69, 9.17) is 15.2 Å². The third-order valence-electron chi connectivity index (χ3n) is 6.05. The third-order valence-corrected chi connectivity index (χ3v) is 6.05. The van der Waals surface area contributed by atoms with Crippen molar-refractivity contribution in [3.63, 3.8) is 0 Å². The van der Waals surface area contributed by atoms with E-state index in [0.29, 0.717) is 19.8 Å². The molecule has 0 aromatic heterocycles. The van der Waals surface area contributed by atoms with Gasteiger partial charge in [-0.15, -0.1) is 0 Å². The van der Waals surface area contributed by atoms with Gasteiger partial charge in [-0.1, -0.05) is 129 Å². The van der Waals surface area contributed by atoms with Gasteiger partial charge >= 0.3 is 0 Å². The van der Waals surface area contributed by atoms with E-state index in [0.717, 1.165) is 12.8 Å². The summed E-state index contributed by atoms with van der Waals surface area (Å²) in [5.41, 5.74) is 5.46. The van der Waals surface area contributed by atoms with Crippen LogP contribution in [-0.2, 0) is 14.3 Å². The minimum absolute atomic E-state index is 0.296. The van der Waals surface area contributed by atoms with Crippen LogP contribution in [0.2, 0.25) is 0 Å². The van der Waals surface area contributed by atoms with Crippen molar-refractivity contribution in [1.29, 1.82) is 0 Å². The van der Waals surface area contributed by atoms with Gasteiger partial charge in [-0.05, 0) is 12.8 Å². The second kappa shape index (κ2) is 25.6. The molecule has 0 aliphatic heterocycles. The number of rotatable bonds is 26. The first-order chi connectivity index (χ1) is 15.2. The number of unbranched alkanes of at least 4 members (excludes halogenated alkanes) is 18. The molecule has 0 aromatic rings. The van der Waals surface area contributed by atoms with Crippen LogP contribution in [0.5, 0.6) is 0 Å². The average molecular weight is 442 g/mol. The van der Waals surface area contributed by atoms with E-state index >= 15 is 0 Å². The average Bonchev–Trinajstić information content (AvgIpc) is 2.76. The Bertz CT molecular complexity index is 362. The molecule has 0 bridgehead atoms. The molecular weight excluding hydrogens is 386 g/mol. The summed E-state index contributed by atoms with van der Waals surface area (Å²) >= 11 is 0. The van der Waals surface area contributed by atoms with E-state index in [-0.39, 0.29) is 0 Å². The molecule has 1 atom stereocenters. The van der Waals surface area contributed by atoms with Gasteiger partial charge in [0.1, 0.15) is 0 Å². The smallest absolute Gasteiger partial charge is 0.248 e. The topological polar surface area (TPSA) is 61.6 Å². The molecule has 4 nitrogen and oxygen atoms in total. The fourth-order valence-corrected chi connectivity index (χ4v) is 3.91. The van der Waals surface area contributed by atoms with E-state index < -0.39 is 12.0 Å². The van der Waals surface area contributed by atoms with Gasteiger partial charge < -0.3 is 15.2 Å². The van der Waals surface area contributed by atoms with Gasteiger partial charge in [-0.2, -0.15) is 0 Å². The van der Waals surface area contributed by atoms with Crippen LogP contribution in [0.25, 0.3) is 0 Å². The number of hydrogen-bond donors (Lipinski definition) is 1. The molecule has 4 heteroatoms. The summed E-state index contributed by atoms with van der Waals surface area (Å²) in [7, 11) is 0. The fraction of sp³-hybridized carbons (Fsp3) is 0.963. The van der Waals surface area contributed by atoms with Crippen LogP contribution in [0.15, 0.2) is 0 Å². The summed E-state index contributed by atoms with van der Waals surface area (Å²) in [6.07, 6.45) is 25.4. The monoisotopic (exact) mass is 441 g/mol. The number of hydrogen-bond acceptors (Lipinski definition) is 3. The first-order valence-corrected chi connectivity index (χ1v) is 13.7. The van der Waals surface area contributed by atoms with Crippen molar-refractivity contribution >= 4 is 5.91 Å².